The van der Waals surface area contributed by atoms with Crippen LogP contribution >= 0.6 is 11.8 Å². The van der Waals surface area contributed by atoms with E-state index < -0.39 is 5.82 Å². The zero-order valence-corrected chi connectivity index (χ0v) is 9.46. The van der Waals surface area contributed by atoms with Crippen LogP contribution in [0.15, 0.2) is 46.2 Å². The molecule has 0 amide bonds. The molecule has 1 heterocycles. The first-order valence-corrected chi connectivity index (χ1v) is 5.83. The van der Waals surface area contributed by atoms with Gasteiger partial charge in [-0.3, -0.25) is 4.79 Å². The SMILES string of the molecule is O=Cc1cc2c(cc1F)Sc1ccccc1O2. The molecule has 0 bridgehead atoms. The summed E-state index contributed by atoms with van der Waals surface area (Å²) in [5, 5.41) is 0. The van der Waals surface area contributed by atoms with E-state index in [0.717, 1.165) is 10.6 Å². The number of fused-ring (bicyclic) bond motifs is 2. The van der Waals surface area contributed by atoms with E-state index in [9.17, 15) is 9.18 Å². The minimum atomic E-state index is -0.519. The second kappa shape index (κ2) is 3.89. The molecule has 17 heavy (non-hydrogen) atoms. The molecule has 0 N–H and O–H groups in total. The summed E-state index contributed by atoms with van der Waals surface area (Å²) < 4.78 is 19.1. The van der Waals surface area contributed by atoms with Crippen LogP contribution in [-0.2, 0) is 0 Å². The molecule has 3 rings (SSSR count). The molecule has 2 aromatic carbocycles. The minimum absolute atomic E-state index is 0.0173. The Balaban J connectivity index is 2.12. The molecular weight excluding hydrogens is 239 g/mol. The topological polar surface area (TPSA) is 26.3 Å². The fourth-order valence-corrected chi connectivity index (χ4v) is 2.61. The van der Waals surface area contributed by atoms with Gasteiger partial charge in [0.25, 0.3) is 0 Å². The number of rotatable bonds is 1. The van der Waals surface area contributed by atoms with E-state index in [-0.39, 0.29) is 5.56 Å². The van der Waals surface area contributed by atoms with Gasteiger partial charge in [-0.25, -0.2) is 4.39 Å². The zero-order valence-electron chi connectivity index (χ0n) is 8.64. The van der Waals surface area contributed by atoms with Gasteiger partial charge < -0.3 is 4.74 Å². The number of carbonyl (C=O) groups is 1. The van der Waals surface area contributed by atoms with Crippen molar-refractivity contribution in [3.05, 3.63) is 47.8 Å². The number of ether oxygens (including phenoxy) is 1. The lowest BCUT2D eigenvalue weighted by molar-refractivity contribution is 0.111. The number of halogens is 1. The van der Waals surface area contributed by atoms with Gasteiger partial charge in [0.2, 0.25) is 0 Å². The van der Waals surface area contributed by atoms with Crippen molar-refractivity contribution in [3.63, 3.8) is 0 Å². The summed E-state index contributed by atoms with van der Waals surface area (Å²) in [6.07, 6.45) is 0.490. The number of benzene rings is 2. The molecule has 4 heteroatoms. The first-order valence-electron chi connectivity index (χ1n) is 5.01. The van der Waals surface area contributed by atoms with Crippen molar-refractivity contribution >= 4 is 18.0 Å². The molecular formula is C13H7FO2S. The van der Waals surface area contributed by atoms with Crippen LogP contribution in [0.25, 0.3) is 0 Å². The average molecular weight is 246 g/mol. The predicted molar refractivity (Wildman–Crippen MR) is 62.4 cm³/mol. The Labute approximate surface area is 101 Å². The van der Waals surface area contributed by atoms with E-state index in [1.54, 1.807) is 0 Å². The lowest BCUT2D eigenvalue weighted by Gasteiger charge is -2.19. The quantitative estimate of drug-likeness (QED) is 0.609. The Morgan fingerprint density at radius 2 is 1.94 bits per heavy atom. The third-order valence-corrected chi connectivity index (χ3v) is 3.58. The van der Waals surface area contributed by atoms with Crippen LogP contribution in [0, 0.1) is 5.82 Å². The molecule has 1 aliphatic rings. The van der Waals surface area contributed by atoms with Crippen molar-refractivity contribution in [2.45, 2.75) is 9.79 Å². The second-order valence-corrected chi connectivity index (χ2v) is 4.67. The maximum Gasteiger partial charge on any atom is 0.153 e. The van der Waals surface area contributed by atoms with Gasteiger partial charge in [0.15, 0.2) is 6.29 Å². The fraction of sp³-hybridized carbons (Fsp3) is 0. The molecule has 0 aromatic heterocycles. The summed E-state index contributed by atoms with van der Waals surface area (Å²) in [6.45, 7) is 0. The highest BCUT2D eigenvalue weighted by molar-refractivity contribution is 7.99. The smallest absolute Gasteiger partial charge is 0.153 e. The van der Waals surface area contributed by atoms with Crippen LogP contribution < -0.4 is 4.74 Å². The highest BCUT2D eigenvalue weighted by atomic mass is 32.2. The lowest BCUT2D eigenvalue weighted by Crippen LogP contribution is -1.98. The number of aldehydes is 1. The van der Waals surface area contributed by atoms with E-state index in [1.165, 1.54) is 23.9 Å². The maximum absolute atomic E-state index is 13.5. The Hall–Kier alpha value is -1.81. The predicted octanol–water partition coefficient (Wildman–Crippen LogP) is 3.90. The number of carbonyl (C=O) groups excluding carboxylic acids is 1. The number of hydrogen-bond acceptors (Lipinski definition) is 3. The molecule has 0 aliphatic carbocycles. The highest BCUT2D eigenvalue weighted by Crippen LogP contribution is 2.47. The van der Waals surface area contributed by atoms with Crippen LogP contribution in [0.4, 0.5) is 4.39 Å². The van der Waals surface area contributed by atoms with E-state index in [1.807, 2.05) is 24.3 Å². The Morgan fingerprint density at radius 1 is 1.12 bits per heavy atom. The standard InChI is InChI=1S/C13H7FO2S/c14-9-6-13-11(5-8(9)7-15)16-10-3-1-2-4-12(10)17-13/h1-7H. The Kier molecular flexibility index (Phi) is 2.37. The molecule has 1 aliphatic heterocycles. The third kappa shape index (κ3) is 1.70. The number of para-hydroxylation sites is 1. The van der Waals surface area contributed by atoms with Crippen molar-refractivity contribution in [2.24, 2.45) is 0 Å². The summed E-state index contributed by atoms with van der Waals surface area (Å²) in [6, 6.07) is 10.3. The van der Waals surface area contributed by atoms with E-state index in [4.69, 9.17) is 4.74 Å². The monoisotopic (exact) mass is 246 g/mol. The maximum atomic E-state index is 13.5. The average Bonchev–Trinajstić information content (AvgIpc) is 2.35. The Morgan fingerprint density at radius 3 is 2.76 bits per heavy atom. The third-order valence-electron chi connectivity index (χ3n) is 2.48. The molecule has 0 saturated carbocycles. The molecule has 84 valence electrons. The first-order chi connectivity index (χ1) is 8.28. The Bertz CT molecular complexity index is 610. The molecule has 2 aromatic rings. The van der Waals surface area contributed by atoms with Gasteiger partial charge in [-0.15, -0.1) is 0 Å². The first kappa shape index (κ1) is 10.4. The van der Waals surface area contributed by atoms with E-state index in [0.29, 0.717) is 16.9 Å². The van der Waals surface area contributed by atoms with E-state index in [2.05, 4.69) is 0 Å². The molecule has 0 atom stereocenters. The number of hydrogen-bond donors (Lipinski definition) is 0. The van der Waals surface area contributed by atoms with Gasteiger partial charge >= 0.3 is 0 Å². The molecule has 0 saturated heterocycles. The molecule has 0 unspecified atom stereocenters. The fourth-order valence-electron chi connectivity index (χ4n) is 1.66. The summed E-state index contributed by atoms with van der Waals surface area (Å²) in [5.41, 5.74) is 0.0173. The van der Waals surface area contributed by atoms with Gasteiger partial charge in [0.05, 0.1) is 15.4 Å². The van der Waals surface area contributed by atoms with Gasteiger partial charge in [0.1, 0.15) is 17.3 Å². The summed E-state index contributed by atoms with van der Waals surface area (Å²) in [4.78, 5) is 12.3. The largest absolute Gasteiger partial charge is 0.455 e. The zero-order chi connectivity index (χ0) is 11.8. The van der Waals surface area contributed by atoms with E-state index >= 15 is 0 Å². The van der Waals surface area contributed by atoms with Crippen LogP contribution in [-0.4, -0.2) is 6.29 Å². The summed E-state index contributed by atoms with van der Waals surface area (Å²) in [5.74, 6) is 0.736. The van der Waals surface area contributed by atoms with Crippen LogP contribution in [0.5, 0.6) is 11.5 Å². The summed E-state index contributed by atoms with van der Waals surface area (Å²) >= 11 is 1.43. The van der Waals surface area contributed by atoms with Crippen LogP contribution in [0.3, 0.4) is 0 Å². The van der Waals surface area contributed by atoms with Crippen molar-refractivity contribution in [1.82, 2.24) is 0 Å². The normalized spacial score (nSPS) is 12.3. The van der Waals surface area contributed by atoms with Gasteiger partial charge in [-0.1, -0.05) is 23.9 Å². The highest BCUT2D eigenvalue weighted by Gasteiger charge is 2.19. The van der Waals surface area contributed by atoms with Crippen molar-refractivity contribution in [3.8, 4) is 11.5 Å². The molecule has 2 nitrogen and oxygen atoms in total. The van der Waals surface area contributed by atoms with Gasteiger partial charge in [0, 0.05) is 0 Å². The molecule has 0 radical (unpaired) electrons. The van der Waals surface area contributed by atoms with Gasteiger partial charge in [-0.2, -0.15) is 0 Å². The van der Waals surface area contributed by atoms with Crippen molar-refractivity contribution in [2.75, 3.05) is 0 Å². The summed E-state index contributed by atoms with van der Waals surface area (Å²) in [7, 11) is 0. The van der Waals surface area contributed by atoms with Crippen LogP contribution in [0.1, 0.15) is 10.4 Å². The van der Waals surface area contributed by atoms with Crippen molar-refractivity contribution < 1.29 is 13.9 Å². The lowest BCUT2D eigenvalue weighted by atomic mass is 10.2. The molecule has 0 fully saturated rings. The van der Waals surface area contributed by atoms with Crippen molar-refractivity contribution in [1.29, 1.82) is 0 Å². The van der Waals surface area contributed by atoms with Crippen LogP contribution in [0.2, 0.25) is 0 Å². The molecule has 0 spiro atoms. The van der Waals surface area contributed by atoms with Gasteiger partial charge in [-0.05, 0) is 24.3 Å². The second-order valence-electron chi connectivity index (χ2n) is 3.59. The minimum Gasteiger partial charge on any atom is -0.455 e.